The van der Waals surface area contributed by atoms with E-state index in [9.17, 15) is 30.8 Å². The summed E-state index contributed by atoms with van der Waals surface area (Å²) in [7, 11) is -4.28. The number of anilines is 1. The molecule has 0 radical (unpaired) electrons. The molecule has 0 unspecified atom stereocenters. The first kappa shape index (κ1) is 21.6. The van der Waals surface area contributed by atoms with Gasteiger partial charge in [-0.25, -0.2) is 13.2 Å². The Bertz CT molecular complexity index is 1150. The number of benzene rings is 2. The average Bonchev–Trinajstić information content (AvgIpc) is 3.05. The second kappa shape index (κ2) is 8.36. The summed E-state index contributed by atoms with van der Waals surface area (Å²) >= 11 is 0.641. The standard InChI is InChI=1S/C17H11F4NO6S2/c18-16(19)27-11-5-8-6-14(29-13(8)7-12(11)28-17(20)21)30(25,26)22-10-4-2-1-3-9(10)15(23)24/h1-7,16-17,22H,(H,23,24). The second-order valence-electron chi connectivity index (χ2n) is 5.62. The number of aromatic carboxylic acids is 1. The molecule has 1 heterocycles. The van der Waals surface area contributed by atoms with Gasteiger partial charge in [0, 0.05) is 10.8 Å². The number of halogens is 4. The van der Waals surface area contributed by atoms with Gasteiger partial charge in [-0.3, -0.25) is 4.72 Å². The summed E-state index contributed by atoms with van der Waals surface area (Å²) in [5, 5.41) is 9.28. The Hall–Kier alpha value is -3.06. The van der Waals surface area contributed by atoms with Crippen molar-refractivity contribution in [1.82, 2.24) is 0 Å². The van der Waals surface area contributed by atoms with Crippen molar-refractivity contribution in [3.8, 4) is 11.5 Å². The number of fused-ring (bicyclic) bond motifs is 1. The van der Waals surface area contributed by atoms with Crippen molar-refractivity contribution < 1.29 is 45.4 Å². The molecule has 1 aromatic heterocycles. The third-order valence-electron chi connectivity index (χ3n) is 3.66. The molecule has 0 fully saturated rings. The van der Waals surface area contributed by atoms with E-state index in [1.165, 1.54) is 24.3 Å². The molecule has 0 aliphatic rings. The SMILES string of the molecule is O=C(O)c1ccccc1NS(=O)(=O)c1cc2cc(OC(F)F)c(OC(F)F)cc2s1. The van der Waals surface area contributed by atoms with Crippen LogP contribution in [-0.2, 0) is 10.0 Å². The van der Waals surface area contributed by atoms with Crippen molar-refractivity contribution in [3.05, 3.63) is 48.0 Å². The molecule has 0 amide bonds. The first-order valence-electron chi connectivity index (χ1n) is 7.89. The molecule has 0 atom stereocenters. The molecule has 30 heavy (non-hydrogen) atoms. The fraction of sp³-hybridized carbons (Fsp3) is 0.118. The molecule has 0 aliphatic carbocycles. The number of carboxylic acid groups (broad SMARTS) is 1. The zero-order valence-electron chi connectivity index (χ0n) is 14.5. The predicted octanol–water partition coefficient (Wildman–Crippen LogP) is 4.60. The smallest absolute Gasteiger partial charge is 0.387 e. The lowest BCUT2D eigenvalue weighted by Gasteiger charge is -2.11. The Morgan fingerprint density at radius 3 is 2.20 bits per heavy atom. The van der Waals surface area contributed by atoms with Gasteiger partial charge in [0.15, 0.2) is 11.5 Å². The molecular formula is C17H11F4NO6S2. The number of carbonyl (C=O) groups is 1. The number of para-hydroxylation sites is 1. The highest BCUT2D eigenvalue weighted by Gasteiger charge is 2.23. The summed E-state index contributed by atoms with van der Waals surface area (Å²) in [5.41, 5.74) is -0.478. The molecule has 2 aromatic carbocycles. The summed E-state index contributed by atoms with van der Waals surface area (Å²) in [6, 6.07) is 8.29. The molecule has 160 valence electrons. The zero-order chi connectivity index (χ0) is 22.1. The summed E-state index contributed by atoms with van der Waals surface area (Å²) in [5.74, 6) is -2.73. The van der Waals surface area contributed by atoms with Crippen molar-refractivity contribution in [2.75, 3.05) is 4.72 Å². The van der Waals surface area contributed by atoms with Gasteiger partial charge in [-0.15, -0.1) is 11.3 Å². The Kier molecular flexibility index (Phi) is 6.03. The predicted molar refractivity (Wildman–Crippen MR) is 99.3 cm³/mol. The molecular weight excluding hydrogens is 454 g/mol. The molecule has 0 bridgehead atoms. The number of alkyl halides is 4. The van der Waals surface area contributed by atoms with Gasteiger partial charge in [0.05, 0.1) is 11.3 Å². The first-order chi connectivity index (χ1) is 14.1. The lowest BCUT2D eigenvalue weighted by Crippen LogP contribution is -2.14. The monoisotopic (exact) mass is 465 g/mol. The zero-order valence-corrected chi connectivity index (χ0v) is 16.1. The molecule has 0 saturated heterocycles. The third kappa shape index (κ3) is 4.74. The molecule has 13 heteroatoms. The van der Waals surface area contributed by atoms with Gasteiger partial charge in [0.2, 0.25) is 0 Å². The average molecular weight is 465 g/mol. The summed E-state index contributed by atoms with van der Waals surface area (Å²) in [6.45, 7) is -6.64. The topological polar surface area (TPSA) is 102 Å². The highest BCUT2D eigenvalue weighted by molar-refractivity contribution is 7.94. The highest BCUT2D eigenvalue weighted by atomic mass is 32.2. The van der Waals surface area contributed by atoms with Crippen LogP contribution in [0.15, 0.2) is 46.7 Å². The van der Waals surface area contributed by atoms with Crippen LogP contribution >= 0.6 is 11.3 Å². The maximum absolute atomic E-state index is 12.7. The van der Waals surface area contributed by atoms with Gasteiger partial charge in [0.1, 0.15) is 4.21 Å². The summed E-state index contributed by atoms with van der Waals surface area (Å²) in [6.07, 6.45) is 0. The Morgan fingerprint density at radius 2 is 1.60 bits per heavy atom. The minimum absolute atomic E-state index is 0.115. The van der Waals surface area contributed by atoms with Crippen molar-refractivity contribution >= 4 is 43.1 Å². The Morgan fingerprint density at radius 1 is 1.00 bits per heavy atom. The largest absolute Gasteiger partial charge is 0.478 e. The quantitative estimate of drug-likeness (QED) is 0.472. The minimum atomic E-state index is -4.28. The number of hydrogen-bond acceptors (Lipinski definition) is 6. The van der Waals surface area contributed by atoms with Crippen molar-refractivity contribution in [2.24, 2.45) is 0 Å². The van der Waals surface area contributed by atoms with Crippen molar-refractivity contribution in [3.63, 3.8) is 0 Å². The maximum Gasteiger partial charge on any atom is 0.387 e. The first-order valence-corrected chi connectivity index (χ1v) is 10.2. The molecule has 0 spiro atoms. The molecule has 0 aliphatic heterocycles. The van der Waals surface area contributed by atoms with E-state index in [4.69, 9.17) is 5.11 Å². The van der Waals surface area contributed by atoms with Crippen LogP contribution in [0.1, 0.15) is 10.4 Å². The Labute approximate surface area is 170 Å². The van der Waals surface area contributed by atoms with Crippen LogP contribution in [0, 0.1) is 0 Å². The van der Waals surface area contributed by atoms with E-state index in [0.717, 1.165) is 18.2 Å². The number of thiophene rings is 1. The van der Waals surface area contributed by atoms with Gasteiger partial charge in [-0.05, 0) is 29.7 Å². The minimum Gasteiger partial charge on any atom is -0.478 e. The summed E-state index contributed by atoms with van der Waals surface area (Å²) < 4.78 is 85.9. The van der Waals surface area contributed by atoms with E-state index in [-0.39, 0.29) is 25.5 Å². The summed E-state index contributed by atoms with van der Waals surface area (Å²) in [4.78, 5) is 11.3. The molecule has 2 N–H and O–H groups in total. The molecule has 3 rings (SSSR count). The van der Waals surface area contributed by atoms with Crippen LogP contribution in [-0.4, -0.2) is 32.7 Å². The third-order valence-corrected chi connectivity index (χ3v) is 6.60. The van der Waals surface area contributed by atoms with Gasteiger partial charge >= 0.3 is 19.2 Å². The molecule has 0 saturated carbocycles. The Balaban J connectivity index is 2.03. The van der Waals surface area contributed by atoms with Crippen LogP contribution in [0.5, 0.6) is 11.5 Å². The van der Waals surface area contributed by atoms with E-state index >= 15 is 0 Å². The lowest BCUT2D eigenvalue weighted by atomic mass is 10.2. The van der Waals surface area contributed by atoms with E-state index in [1.54, 1.807) is 0 Å². The normalized spacial score (nSPS) is 11.8. The molecule has 7 nitrogen and oxygen atoms in total. The van der Waals surface area contributed by atoms with E-state index < -0.39 is 40.7 Å². The number of sulfonamides is 1. The van der Waals surface area contributed by atoms with Gasteiger partial charge in [0.25, 0.3) is 10.0 Å². The van der Waals surface area contributed by atoms with E-state index in [1.807, 2.05) is 0 Å². The number of rotatable bonds is 8. The van der Waals surface area contributed by atoms with Crippen LogP contribution in [0.3, 0.4) is 0 Å². The maximum atomic E-state index is 12.7. The number of nitrogens with one attached hydrogen (secondary N) is 1. The highest BCUT2D eigenvalue weighted by Crippen LogP contribution is 2.39. The fourth-order valence-electron chi connectivity index (χ4n) is 2.49. The molecule has 3 aromatic rings. The van der Waals surface area contributed by atoms with Crippen molar-refractivity contribution in [2.45, 2.75) is 17.4 Å². The van der Waals surface area contributed by atoms with Gasteiger partial charge in [-0.1, -0.05) is 12.1 Å². The fourth-order valence-corrected chi connectivity index (χ4v) is 4.97. The van der Waals surface area contributed by atoms with Crippen LogP contribution in [0.25, 0.3) is 10.1 Å². The van der Waals surface area contributed by atoms with Gasteiger partial charge < -0.3 is 14.6 Å². The van der Waals surface area contributed by atoms with E-state index in [0.29, 0.717) is 11.3 Å². The van der Waals surface area contributed by atoms with E-state index in [2.05, 4.69) is 14.2 Å². The number of hydrogen-bond donors (Lipinski definition) is 2. The van der Waals surface area contributed by atoms with Crippen LogP contribution < -0.4 is 14.2 Å². The van der Waals surface area contributed by atoms with Gasteiger partial charge in [-0.2, -0.15) is 17.6 Å². The van der Waals surface area contributed by atoms with Crippen LogP contribution in [0.2, 0.25) is 0 Å². The second-order valence-corrected chi connectivity index (χ2v) is 8.61. The number of ether oxygens (including phenoxy) is 2. The lowest BCUT2D eigenvalue weighted by molar-refractivity contribution is -0.0690. The van der Waals surface area contributed by atoms with Crippen LogP contribution in [0.4, 0.5) is 23.2 Å². The number of carboxylic acids is 1. The van der Waals surface area contributed by atoms with Crippen molar-refractivity contribution in [1.29, 1.82) is 0 Å².